The fourth-order valence-electron chi connectivity index (χ4n) is 1.61. The zero-order chi connectivity index (χ0) is 13.1. The molecular formula is C12H13BrClN3S. The maximum Gasteiger partial charge on any atom is 0.148 e. The van der Waals surface area contributed by atoms with Crippen molar-refractivity contribution in [1.29, 1.82) is 0 Å². The van der Waals surface area contributed by atoms with Gasteiger partial charge in [0.1, 0.15) is 17.3 Å². The Morgan fingerprint density at radius 2 is 2.22 bits per heavy atom. The van der Waals surface area contributed by atoms with Crippen LogP contribution in [-0.4, -0.2) is 16.0 Å². The Morgan fingerprint density at radius 3 is 2.83 bits per heavy atom. The first-order valence-corrected chi connectivity index (χ1v) is 7.59. The maximum absolute atomic E-state index is 6.02. The minimum atomic E-state index is 0.328. The normalized spacial score (nSPS) is 10.9. The third-order valence-electron chi connectivity index (χ3n) is 2.53. The lowest BCUT2D eigenvalue weighted by atomic mass is 10.3. The summed E-state index contributed by atoms with van der Waals surface area (Å²) in [4.78, 5) is 11.8. The monoisotopic (exact) mass is 345 g/mol. The summed E-state index contributed by atoms with van der Waals surface area (Å²) in [5.41, 5.74) is 0. The van der Waals surface area contributed by atoms with Crippen LogP contribution in [0, 0.1) is 0 Å². The zero-order valence-corrected chi connectivity index (χ0v) is 13.3. The highest BCUT2D eigenvalue weighted by Gasteiger charge is 2.18. The SMILES string of the molecule is CC(C)N(Cc1cccs1)c1ncnc(Cl)c1Br. The van der Waals surface area contributed by atoms with E-state index in [2.05, 4.69) is 62.2 Å². The number of thiophene rings is 1. The first-order chi connectivity index (χ1) is 8.59. The first kappa shape index (κ1) is 13.8. The van der Waals surface area contributed by atoms with Gasteiger partial charge in [-0.2, -0.15) is 0 Å². The molecule has 0 bridgehead atoms. The van der Waals surface area contributed by atoms with E-state index >= 15 is 0 Å². The molecule has 2 aromatic rings. The summed E-state index contributed by atoms with van der Waals surface area (Å²) < 4.78 is 0.747. The van der Waals surface area contributed by atoms with Crippen LogP contribution < -0.4 is 4.90 Å². The summed E-state index contributed by atoms with van der Waals surface area (Å²) in [7, 11) is 0. The second kappa shape index (κ2) is 5.99. The number of rotatable bonds is 4. The molecule has 0 aliphatic rings. The van der Waals surface area contributed by atoms with Crippen molar-refractivity contribution in [2.75, 3.05) is 4.90 Å². The van der Waals surface area contributed by atoms with Crippen molar-refractivity contribution in [3.63, 3.8) is 0 Å². The van der Waals surface area contributed by atoms with Gasteiger partial charge in [-0.3, -0.25) is 0 Å². The van der Waals surface area contributed by atoms with E-state index in [4.69, 9.17) is 11.6 Å². The van der Waals surface area contributed by atoms with E-state index in [1.165, 1.54) is 11.2 Å². The summed E-state index contributed by atoms with van der Waals surface area (Å²) in [6, 6.07) is 4.51. The van der Waals surface area contributed by atoms with Crippen LogP contribution in [0.25, 0.3) is 0 Å². The molecule has 2 heterocycles. The van der Waals surface area contributed by atoms with Gasteiger partial charge in [-0.05, 0) is 41.2 Å². The summed E-state index contributed by atoms with van der Waals surface area (Å²) in [6.07, 6.45) is 1.49. The molecule has 2 rings (SSSR count). The molecule has 0 fully saturated rings. The molecule has 0 aromatic carbocycles. The van der Waals surface area contributed by atoms with E-state index in [1.54, 1.807) is 11.3 Å². The topological polar surface area (TPSA) is 29.0 Å². The Hall–Kier alpha value is -0.650. The second-order valence-corrected chi connectivity index (χ2v) is 6.29. The highest BCUT2D eigenvalue weighted by Crippen LogP contribution is 2.31. The number of nitrogens with zero attached hydrogens (tertiary/aromatic N) is 3. The van der Waals surface area contributed by atoms with Gasteiger partial charge in [-0.25, -0.2) is 9.97 Å². The Kier molecular flexibility index (Phi) is 4.59. The van der Waals surface area contributed by atoms with Gasteiger partial charge in [0, 0.05) is 10.9 Å². The highest BCUT2D eigenvalue weighted by molar-refractivity contribution is 9.10. The standard InChI is InChI=1S/C12H13BrClN3S/c1-8(2)17(6-9-4-3-5-18-9)12-10(13)11(14)15-7-16-12/h3-5,7-8H,6H2,1-2H3. The predicted molar refractivity (Wildman–Crippen MR) is 80.4 cm³/mol. The quantitative estimate of drug-likeness (QED) is 0.770. The van der Waals surface area contributed by atoms with Crippen LogP contribution in [0.1, 0.15) is 18.7 Å². The molecule has 0 aliphatic heterocycles. The van der Waals surface area contributed by atoms with Crippen LogP contribution >= 0.6 is 38.9 Å². The largest absolute Gasteiger partial charge is 0.348 e. The van der Waals surface area contributed by atoms with Crippen molar-refractivity contribution in [1.82, 2.24) is 9.97 Å². The number of anilines is 1. The summed E-state index contributed by atoms with van der Waals surface area (Å²) in [6.45, 7) is 5.09. The van der Waals surface area contributed by atoms with Crippen LogP contribution in [0.3, 0.4) is 0 Å². The molecule has 0 N–H and O–H groups in total. The molecule has 0 amide bonds. The number of halogens is 2. The lowest BCUT2D eigenvalue weighted by Crippen LogP contribution is -2.31. The predicted octanol–water partition coefficient (Wildman–Crippen LogP) is 4.37. The Labute approximate surface area is 124 Å². The van der Waals surface area contributed by atoms with E-state index in [-0.39, 0.29) is 0 Å². The van der Waals surface area contributed by atoms with Crippen molar-refractivity contribution in [2.24, 2.45) is 0 Å². The van der Waals surface area contributed by atoms with Crippen LogP contribution in [-0.2, 0) is 6.54 Å². The first-order valence-electron chi connectivity index (χ1n) is 5.54. The van der Waals surface area contributed by atoms with Crippen LogP contribution in [0.4, 0.5) is 5.82 Å². The fraction of sp³-hybridized carbons (Fsp3) is 0.333. The van der Waals surface area contributed by atoms with E-state index in [0.717, 1.165) is 16.8 Å². The van der Waals surface area contributed by atoms with Crippen LogP contribution in [0.5, 0.6) is 0 Å². The smallest absolute Gasteiger partial charge is 0.148 e. The van der Waals surface area contributed by atoms with Gasteiger partial charge in [0.25, 0.3) is 0 Å². The van der Waals surface area contributed by atoms with E-state index in [1.807, 2.05) is 0 Å². The van der Waals surface area contributed by atoms with Gasteiger partial charge in [0.15, 0.2) is 0 Å². The van der Waals surface area contributed by atoms with Crippen LogP contribution in [0.15, 0.2) is 28.3 Å². The van der Waals surface area contributed by atoms with E-state index in [0.29, 0.717) is 11.2 Å². The third kappa shape index (κ3) is 3.02. The molecular weight excluding hydrogens is 334 g/mol. The van der Waals surface area contributed by atoms with Gasteiger partial charge in [-0.15, -0.1) is 11.3 Å². The zero-order valence-electron chi connectivity index (χ0n) is 10.1. The van der Waals surface area contributed by atoms with Crippen LogP contribution in [0.2, 0.25) is 5.15 Å². The molecule has 0 unspecified atom stereocenters. The summed E-state index contributed by atoms with van der Waals surface area (Å²) >= 11 is 11.2. The molecule has 0 radical (unpaired) electrons. The minimum Gasteiger partial charge on any atom is -0.348 e. The summed E-state index contributed by atoms with van der Waals surface area (Å²) in [5, 5.41) is 2.52. The molecule has 18 heavy (non-hydrogen) atoms. The van der Waals surface area contributed by atoms with Gasteiger partial charge < -0.3 is 4.90 Å². The third-order valence-corrected chi connectivity index (χ3v) is 4.64. The van der Waals surface area contributed by atoms with Crippen molar-refractivity contribution < 1.29 is 0 Å². The Morgan fingerprint density at radius 1 is 1.44 bits per heavy atom. The summed E-state index contributed by atoms with van der Waals surface area (Å²) in [5.74, 6) is 0.832. The average Bonchev–Trinajstić information content (AvgIpc) is 2.83. The van der Waals surface area contributed by atoms with Crippen molar-refractivity contribution >= 4 is 44.7 Å². The molecule has 2 aromatic heterocycles. The highest BCUT2D eigenvalue weighted by atomic mass is 79.9. The molecule has 0 aliphatic carbocycles. The molecule has 3 nitrogen and oxygen atoms in total. The molecule has 0 saturated heterocycles. The van der Waals surface area contributed by atoms with Gasteiger partial charge >= 0.3 is 0 Å². The van der Waals surface area contributed by atoms with E-state index in [9.17, 15) is 0 Å². The van der Waals surface area contributed by atoms with Gasteiger partial charge in [0.2, 0.25) is 0 Å². The number of aromatic nitrogens is 2. The lowest BCUT2D eigenvalue weighted by molar-refractivity contribution is 0.674. The van der Waals surface area contributed by atoms with Crippen molar-refractivity contribution in [3.05, 3.63) is 38.3 Å². The maximum atomic E-state index is 6.02. The molecule has 0 spiro atoms. The molecule has 0 atom stereocenters. The van der Waals surface area contributed by atoms with Crippen molar-refractivity contribution in [3.8, 4) is 0 Å². The Balaban J connectivity index is 2.33. The Bertz CT molecular complexity index is 516. The van der Waals surface area contributed by atoms with Crippen molar-refractivity contribution in [2.45, 2.75) is 26.4 Å². The lowest BCUT2D eigenvalue weighted by Gasteiger charge is -2.28. The average molecular weight is 347 g/mol. The second-order valence-electron chi connectivity index (χ2n) is 4.10. The van der Waals surface area contributed by atoms with E-state index < -0.39 is 0 Å². The minimum absolute atomic E-state index is 0.328. The molecule has 96 valence electrons. The van der Waals surface area contributed by atoms with Gasteiger partial charge in [0.05, 0.1) is 11.0 Å². The van der Waals surface area contributed by atoms with Gasteiger partial charge in [-0.1, -0.05) is 17.7 Å². The molecule has 6 heteroatoms. The fourth-order valence-corrected chi connectivity index (χ4v) is 2.88. The molecule has 0 saturated carbocycles. The number of hydrogen-bond donors (Lipinski definition) is 0. The number of hydrogen-bond acceptors (Lipinski definition) is 4.